The van der Waals surface area contributed by atoms with Crippen LogP contribution in [0.3, 0.4) is 0 Å². The van der Waals surface area contributed by atoms with Crippen LogP contribution in [0.25, 0.3) is 0 Å². The molecule has 0 saturated heterocycles. The number of hydrogen-bond acceptors (Lipinski definition) is 6. The van der Waals surface area contributed by atoms with E-state index >= 15 is 0 Å². The molecule has 3 N–H and O–H groups in total. The highest BCUT2D eigenvalue weighted by molar-refractivity contribution is 5.14. The maximum absolute atomic E-state index is 5.56. The molecule has 0 aliphatic carbocycles. The van der Waals surface area contributed by atoms with E-state index in [1.807, 2.05) is 20.0 Å². The fourth-order valence-corrected chi connectivity index (χ4v) is 1.79. The molecule has 0 bridgehead atoms. The van der Waals surface area contributed by atoms with Crippen molar-refractivity contribution in [3.8, 4) is 0 Å². The Kier molecular flexibility index (Phi) is 3.16. The summed E-state index contributed by atoms with van der Waals surface area (Å²) in [7, 11) is 3.62. The number of nitrogens with two attached hydrogens (primary N) is 1. The van der Waals surface area contributed by atoms with Gasteiger partial charge in [-0.3, -0.25) is 16.0 Å². The van der Waals surface area contributed by atoms with Gasteiger partial charge in [0, 0.05) is 13.5 Å². The van der Waals surface area contributed by atoms with Crippen molar-refractivity contribution in [1.82, 2.24) is 35.4 Å². The normalized spacial score (nSPS) is 12.9. The van der Waals surface area contributed by atoms with Crippen LogP contribution in [0.5, 0.6) is 0 Å². The Balaban J connectivity index is 2.19. The van der Waals surface area contributed by atoms with Gasteiger partial charge in [0.15, 0.2) is 5.82 Å². The van der Waals surface area contributed by atoms with Crippen LogP contribution >= 0.6 is 0 Å². The van der Waals surface area contributed by atoms with Crippen molar-refractivity contribution < 1.29 is 0 Å². The molecule has 1 unspecified atom stereocenters. The fourth-order valence-electron chi connectivity index (χ4n) is 1.79. The van der Waals surface area contributed by atoms with Crippen molar-refractivity contribution in [3.05, 3.63) is 23.3 Å². The predicted octanol–water partition coefficient (Wildman–Crippen LogP) is -1.00. The largest absolute Gasteiger partial charge is 0.271 e. The third-order valence-corrected chi connectivity index (χ3v) is 2.53. The lowest BCUT2D eigenvalue weighted by atomic mass is 10.1. The van der Waals surface area contributed by atoms with Crippen molar-refractivity contribution in [1.29, 1.82) is 0 Å². The highest BCUT2D eigenvalue weighted by atomic mass is 15.6. The molecule has 8 nitrogen and oxygen atoms in total. The van der Waals surface area contributed by atoms with E-state index in [0.29, 0.717) is 12.2 Å². The molecule has 1 atom stereocenters. The summed E-state index contributed by atoms with van der Waals surface area (Å²) >= 11 is 0. The molecule has 0 saturated carbocycles. The minimum Gasteiger partial charge on any atom is -0.271 e. The summed E-state index contributed by atoms with van der Waals surface area (Å²) < 4.78 is 1.80. The SMILES string of the molecule is Cc1cc(C(Cc2nnn(C)n2)NN)n(C)n1. The monoisotopic (exact) mass is 236 g/mol. The van der Waals surface area contributed by atoms with Gasteiger partial charge in [0.25, 0.3) is 0 Å². The average molecular weight is 236 g/mol. The third kappa shape index (κ3) is 2.48. The molecule has 2 rings (SSSR count). The Morgan fingerprint density at radius 1 is 1.41 bits per heavy atom. The van der Waals surface area contributed by atoms with Crippen molar-refractivity contribution in [3.63, 3.8) is 0 Å². The summed E-state index contributed by atoms with van der Waals surface area (Å²) in [5.74, 6) is 6.21. The number of aromatic nitrogens is 6. The molecule has 0 aliphatic rings. The molecule has 2 aromatic rings. The summed E-state index contributed by atoms with van der Waals surface area (Å²) in [5, 5.41) is 16.1. The predicted molar refractivity (Wildman–Crippen MR) is 60.5 cm³/mol. The molecule has 2 aromatic heterocycles. The average Bonchev–Trinajstić information content (AvgIpc) is 2.82. The first kappa shape index (κ1) is 11.7. The second kappa shape index (κ2) is 4.60. The molecule has 8 heteroatoms. The van der Waals surface area contributed by atoms with Crippen molar-refractivity contribution >= 4 is 0 Å². The van der Waals surface area contributed by atoms with Gasteiger partial charge < -0.3 is 0 Å². The molecular formula is C9H16N8. The van der Waals surface area contributed by atoms with Gasteiger partial charge in [0.2, 0.25) is 0 Å². The highest BCUT2D eigenvalue weighted by Gasteiger charge is 2.17. The van der Waals surface area contributed by atoms with E-state index in [9.17, 15) is 0 Å². The van der Waals surface area contributed by atoms with Gasteiger partial charge in [-0.15, -0.1) is 10.2 Å². The molecule has 0 amide bonds. The molecule has 2 heterocycles. The van der Waals surface area contributed by atoms with Crippen LogP contribution in [-0.4, -0.2) is 30.0 Å². The van der Waals surface area contributed by atoms with Crippen LogP contribution in [-0.2, 0) is 20.5 Å². The van der Waals surface area contributed by atoms with E-state index in [1.54, 1.807) is 11.7 Å². The summed E-state index contributed by atoms with van der Waals surface area (Å²) in [6.07, 6.45) is 0.573. The number of aryl methyl sites for hydroxylation is 3. The molecule has 0 aliphatic heterocycles. The molecule has 17 heavy (non-hydrogen) atoms. The lowest BCUT2D eigenvalue weighted by molar-refractivity contribution is 0.497. The standard InChI is InChI=1S/C9H16N8/c1-6-4-8(16(2)13-6)7(11-10)5-9-12-15-17(3)14-9/h4,7,11H,5,10H2,1-3H3. The van der Waals surface area contributed by atoms with Gasteiger partial charge in [0.1, 0.15) is 0 Å². The van der Waals surface area contributed by atoms with Crippen molar-refractivity contribution in [2.45, 2.75) is 19.4 Å². The van der Waals surface area contributed by atoms with Crippen LogP contribution in [0, 0.1) is 6.92 Å². The lowest BCUT2D eigenvalue weighted by Crippen LogP contribution is -2.31. The van der Waals surface area contributed by atoms with Crippen LogP contribution in [0.2, 0.25) is 0 Å². The summed E-state index contributed by atoms with van der Waals surface area (Å²) in [4.78, 5) is 1.43. The zero-order valence-corrected chi connectivity index (χ0v) is 10.1. The maximum atomic E-state index is 5.56. The number of nitrogens with one attached hydrogen (secondary N) is 1. The highest BCUT2D eigenvalue weighted by Crippen LogP contribution is 2.15. The first-order chi connectivity index (χ1) is 8.10. The maximum Gasteiger partial charge on any atom is 0.176 e. The van der Waals surface area contributed by atoms with Crippen LogP contribution < -0.4 is 11.3 Å². The minimum absolute atomic E-state index is 0.0783. The van der Waals surface area contributed by atoms with E-state index in [2.05, 4.69) is 25.9 Å². The number of tetrazole rings is 1. The number of hydrogen-bond donors (Lipinski definition) is 2. The Morgan fingerprint density at radius 3 is 2.65 bits per heavy atom. The molecule has 0 aromatic carbocycles. The van der Waals surface area contributed by atoms with Crippen LogP contribution in [0.4, 0.5) is 0 Å². The quantitative estimate of drug-likeness (QED) is 0.521. The molecule has 0 spiro atoms. The van der Waals surface area contributed by atoms with E-state index in [-0.39, 0.29) is 6.04 Å². The van der Waals surface area contributed by atoms with Gasteiger partial charge in [-0.2, -0.15) is 9.90 Å². The fraction of sp³-hybridized carbons (Fsp3) is 0.556. The lowest BCUT2D eigenvalue weighted by Gasteiger charge is -2.13. The Hall–Kier alpha value is -1.80. The van der Waals surface area contributed by atoms with Gasteiger partial charge >= 0.3 is 0 Å². The second-order valence-corrected chi connectivity index (χ2v) is 3.95. The minimum atomic E-state index is -0.0783. The molecule has 0 radical (unpaired) electrons. The topological polar surface area (TPSA) is 99.5 Å². The zero-order valence-electron chi connectivity index (χ0n) is 10.1. The Morgan fingerprint density at radius 2 is 2.18 bits per heavy atom. The molecular weight excluding hydrogens is 220 g/mol. The van der Waals surface area contributed by atoms with E-state index < -0.39 is 0 Å². The van der Waals surface area contributed by atoms with Crippen molar-refractivity contribution in [2.24, 2.45) is 19.9 Å². The third-order valence-electron chi connectivity index (χ3n) is 2.53. The Labute approximate surface area is 98.8 Å². The van der Waals surface area contributed by atoms with Gasteiger partial charge in [-0.1, -0.05) is 0 Å². The second-order valence-electron chi connectivity index (χ2n) is 3.95. The van der Waals surface area contributed by atoms with E-state index in [4.69, 9.17) is 5.84 Å². The van der Waals surface area contributed by atoms with E-state index in [1.165, 1.54) is 4.80 Å². The Bertz CT molecular complexity index is 499. The molecule has 92 valence electrons. The first-order valence-electron chi connectivity index (χ1n) is 5.29. The number of nitrogens with zero attached hydrogens (tertiary/aromatic N) is 6. The summed E-state index contributed by atoms with van der Waals surface area (Å²) in [5.41, 5.74) is 4.70. The van der Waals surface area contributed by atoms with Crippen LogP contribution in [0.15, 0.2) is 6.07 Å². The number of rotatable bonds is 4. The molecule has 0 fully saturated rings. The summed E-state index contributed by atoms with van der Waals surface area (Å²) in [6, 6.07) is 1.91. The smallest absolute Gasteiger partial charge is 0.176 e. The number of hydrazine groups is 1. The van der Waals surface area contributed by atoms with E-state index in [0.717, 1.165) is 11.4 Å². The first-order valence-corrected chi connectivity index (χ1v) is 5.29. The van der Waals surface area contributed by atoms with Gasteiger partial charge in [0.05, 0.1) is 24.5 Å². The van der Waals surface area contributed by atoms with Gasteiger partial charge in [-0.25, -0.2) is 0 Å². The van der Waals surface area contributed by atoms with Crippen LogP contribution in [0.1, 0.15) is 23.3 Å². The zero-order chi connectivity index (χ0) is 12.4. The van der Waals surface area contributed by atoms with Crippen molar-refractivity contribution in [2.75, 3.05) is 0 Å². The van der Waals surface area contributed by atoms with Gasteiger partial charge in [-0.05, 0) is 18.2 Å². The summed E-state index contributed by atoms with van der Waals surface area (Å²) in [6.45, 7) is 1.94.